The normalized spacial score (nSPS) is 19.6. The molecule has 1 amide bonds. The fraction of sp³-hybridized carbons (Fsp3) is 0.421. The van der Waals surface area contributed by atoms with Gasteiger partial charge in [0, 0.05) is 30.4 Å². The zero-order chi connectivity index (χ0) is 19.7. The molecule has 1 aromatic heterocycles. The zero-order valence-corrected chi connectivity index (χ0v) is 16.9. The average Bonchev–Trinajstić information content (AvgIpc) is 3.11. The lowest BCUT2D eigenvalue weighted by molar-refractivity contribution is 0.0600. The number of carbonyl (C=O) groups is 2. The summed E-state index contributed by atoms with van der Waals surface area (Å²) in [5, 5.41) is 4.10. The number of hydrogen-bond acceptors (Lipinski definition) is 7. The number of nitrogens with one attached hydrogen (secondary N) is 1. The van der Waals surface area contributed by atoms with E-state index in [9.17, 15) is 9.59 Å². The number of ether oxygens (including phenoxy) is 2. The van der Waals surface area contributed by atoms with E-state index >= 15 is 0 Å². The number of benzene rings is 1. The van der Waals surface area contributed by atoms with Crippen molar-refractivity contribution in [2.75, 3.05) is 44.9 Å². The summed E-state index contributed by atoms with van der Waals surface area (Å²) in [6.45, 7) is 3.35. The van der Waals surface area contributed by atoms with E-state index in [1.807, 2.05) is 6.07 Å². The maximum Gasteiger partial charge on any atom is 0.339 e. The number of halogens is 1. The van der Waals surface area contributed by atoms with Gasteiger partial charge >= 0.3 is 5.97 Å². The minimum atomic E-state index is -0.479. The van der Waals surface area contributed by atoms with E-state index in [0.29, 0.717) is 42.5 Å². The highest BCUT2D eigenvalue weighted by atomic mass is 35.5. The largest absolute Gasteiger partial charge is 0.465 e. The Bertz CT molecular complexity index is 911. The average molecular weight is 422 g/mol. The van der Waals surface area contributed by atoms with Gasteiger partial charge in [0.25, 0.3) is 5.91 Å². The molecule has 3 heterocycles. The van der Waals surface area contributed by atoms with Crippen LogP contribution >= 0.6 is 22.9 Å². The second kappa shape index (κ2) is 8.06. The van der Waals surface area contributed by atoms with Crippen LogP contribution in [0.1, 0.15) is 43.6 Å². The van der Waals surface area contributed by atoms with Gasteiger partial charge in [-0.1, -0.05) is 17.7 Å². The summed E-state index contributed by atoms with van der Waals surface area (Å²) >= 11 is 7.71. The van der Waals surface area contributed by atoms with Crippen LogP contribution in [0.3, 0.4) is 0 Å². The highest BCUT2D eigenvalue weighted by molar-refractivity contribution is 7.16. The Labute approximate surface area is 171 Å². The van der Waals surface area contributed by atoms with Gasteiger partial charge in [-0.25, -0.2) is 9.78 Å². The van der Waals surface area contributed by atoms with Crippen LogP contribution in [0.2, 0.25) is 5.02 Å². The van der Waals surface area contributed by atoms with E-state index in [4.69, 9.17) is 21.1 Å². The first-order valence-corrected chi connectivity index (χ1v) is 10.3. The smallest absolute Gasteiger partial charge is 0.339 e. The summed E-state index contributed by atoms with van der Waals surface area (Å²) in [5.74, 6) is -0.689. The molecule has 9 heteroatoms. The summed E-state index contributed by atoms with van der Waals surface area (Å²) in [4.78, 5) is 32.3. The van der Waals surface area contributed by atoms with Crippen molar-refractivity contribution < 1.29 is 19.1 Å². The molecule has 148 valence electrons. The zero-order valence-electron chi connectivity index (χ0n) is 15.4. The van der Waals surface area contributed by atoms with E-state index in [-0.39, 0.29) is 11.8 Å². The second-order valence-electron chi connectivity index (χ2n) is 6.64. The molecule has 1 aromatic carbocycles. The number of fused-ring (bicyclic) bond motifs is 1. The molecule has 0 bridgehead atoms. The third kappa shape index (κ3) is 3.59. The van der Waals surface area contributed by atoms with Gasteiger partial charge in [0.15, 0.2) is 5.13 Å². The predicted octanol–water partition coefficient (Wildman–Crippen LogP) is 2.69. The highest BCUT2D eigenvalue weighted by Gasteiger charge is 2.31. The summed E-state index contributed by atoms with van der Waals surface area (Å²) < 4.78 is 10.2. The van der Waals surface area contributed by atoms with Gasteiger partial charge in [-0.3, -0.25) is 4.79 Å². The lowest BCUT2D eigenvalue weighted by Gasteiger charge is -2.26. The Morgan fingerprint density at radius 1 is 1.39 bits per heavy atom. The standard InChI is InChI=1S/C19H20ClN3O4S/c1-26-18(25)13-10-11(2-3-14(13)20)12-4-5-21-17(24)15-16(12)28-19(22-15)23-6-8-27-9-7-23/h2-3,10,12H,4-9H2,1H3,(H,21,24). The third-order valence-electron chi connectivity index (χ3n) is 4.97. The molecule has 1 N–H and O–H groups in total. The van der Waals surface area contributed by atoms with Crippen LogP contribution in [0.5, 0.6) is 0 Å². The lowest BCUT2D eigenvalue weighted by atomic mass is 9.92. The number of morpholine rings is 1. The minimum Gasteiger partial charge on any atom is -0.465 e. The fourth-order valence-electron chi connectivity index (χ4n) is 3.50. The fourth-order valence-corrected chi connectivity index (χ4v) is 4.97. The Kier molecular flexibility index (Phi) is 5.52. The van der Waals surface area contributed by atoms with Crippen molar-refractivity contribution in [2.45, 2.75) is 12.3 Å². The molecule has 1 unspecified atom stereocenters. The van der Waals surface area contributed by atoms with Crippen LogP contribution in [-0.4, -0.2) is 56.8 Å². The maximum absolute atomic E-state index is 12.5. The van der Waals surface area contributed by atoms with Crippen molar-refractivity contribution in [3.63, 3.8) is 0 Å². The molecule has 0 aliphatic carbocycles. The van der Waals surface area contributed by atoms with Gasteiger partial charge in [0.2, 0.25) is 0 Å². The van der Waals surface area contributed by atoms with Crippen LogP contribution < -0.4 is 10.2 Å². The van der Waals surface area contributed by atoms with E-state index in [1.54, 1.807) is 12.1 Å². The van der Waals surface area contributed by atoms with Crippen LogP contribution in [0.4, 0.5) is 5.13 Å². The number of aromatic nitrogens is 1. The number of nitrogens with zero attached hydrogens (tertiary/aromatic N) is 2. The molecule has 2 aliphatic heterocycles. The number of esters is 1. The number of methoxy groups -OCH3 is 1. The Balaban J connectivity index is 1.75. The number of rotatable bonds is 3. The quantitative estimate of drug-likeness (QED) is 0.767. The lowest BCUT2D eigenvalue weighted by Crippen LogP contribution is -2.36. The molecule has 2 aromatic rings. The van der Waals surface area contributed by atoms with E-state index in [1.165, 1.54) is 18.4 Å². The van der Waals surface area contributed by atoms with Gasteiger partial charge in [0.05, 0.1) is 30.9 Å². The highest BCUT2D eigenvalue weighted by Crippen LogP contribution is 2.40. The Morgan fingerprint density at radius 3 is 2.93 bits per heavy atom. The van der Waals surface area contributed by atoms with Crippen LogP contribution in [0, 0.1) is 0 Å². The van der Waals surface area contributed by atoms with Gasteiger partial charge in [0.1, 0.15) is 5.69 Å². The summed E-state index contributed by atoms with van der Waals surface area (Å²) in [6, 6.07) is 5.35. The third-order valence-corrected chi connectivity index (χ3v) is 6.53. The molecule has 1 saturated heterocycles. The first-order valence-electron chi connectivity index (χ1n) is 9.08. The maximum atomic E-state index is 12.5. The van der Waals surface area contributed by atoms with Gasteiger partial charge in [-0.15, -0.1) is 11.3 Å². The van der Waals surface area contributed by atoms with Crippen LogP contribution in [-0.2, 0) is 9.47 Å². The SMILES string of the molecule is COC(=O)c1cc(C2CCNC(=O)c3nc(N4CCOCC4)sc32)ccc1Cl. The molecule has 2 aliphatic rings. The second-order valence-corrected chi connectivity index (χ2v) is 8.05. The number of carbonyl (C=O) groups excluding carboxylic acids is 2. The molecule has 1 atom stereocenters. The van der Waals surface area contributed by atoms with Crippen molar-refractivity contribution in [1.82, 2.24) is 10.3 Å². The van der Waals surface area contributed by atoms with E-state index < -0.39 is 5.97 Å². The monoisotopic (exact) mass is 421 g/mol. The van der Waals surface area contributed by atoms with Gasteiger partial charge in [-0.2, -0.15) is 0 Å². The summed E-state index contributed by atoms with van der Waals surface area (Å²) in [7, 11) is 1.33. The van der Waals surface area contributed by atoms with Crippen molar-refractivity contribution in [1.29, 1.82) is 0 Å². The predicted molar refractivity (Wildman–Crippen MR) is 107 cm³/mol. The number of amides is 1. The molecule has 28 heavy (non-hydrogen) atoms. The van der Waals surface area contributed by atoms with Gasteiger partial charge in [-0.05, 0) is 24.1 Å². The van der Waals surface area contributed by atoms with E-state index in [2.05, 4.69) is 15.2 Å². The van der Waals surface area contributed by atoms with Crippen molar-refractivity contribution in [3.05, 3.63) is 44.9 Å². The van der Waals surface area contributed by atoms with Crippen LogP contribution in [0.25, 0.3) is 0 Å². The molecular weight excluding hydrogens is 402 g/mol. The number of thiazole rings is 1. The minimum absolute atomic E-state index is 0.0538. The summed E-state index contributed by atoms with van der Waals surface area (Å²) in [6.07, 6.45) is 0.714. The first kappa shape index (κ1) is 19.2. The first-order chi connectivity index (χ1) is 13.6. The molecule has 4 rings (SSSR count). The molecular formula is C19H20ClN3O4S. The van der Waals surface area contributed by atoms with E-state index in [0.717, 1.165) is 28.7 Å². The van der Waals surface area contributed by atoms with Crippen molar-refractivity contribution in [2.24, 2.45) is 0 Å². The molecule has 7 nitrogen and oxygen atoms in total. The number of anilines is 1. The molecule has 0 spiro atoms. The Hall–Kier alpha value is -2.16. The van der Waals surface area contributed by atoms with Crippen molar-refractivity contribution >= 4 is 39.9 Å². The number of hydrogen-bond donors (Lipinski definition) is 1. The van der Waals surface area contributed by atoms with Crippen LogP contribution in [0.15, 0.2) is 18.2 Å². The van der Waals surface area contributed by atoms with Crippen molar-refractivity contribution in [3.8, 4) is 0 Å². The topological polar surface area (TPSA) is 80.8 Å². The summed E-state index contributed by atoms with van der Waals surface area (Å²) in [5.41, 5.74) is 1.70. The molecule has 0 saturated carbocycles. The Morgan fingerprint density at radius 2 is 2.18 bits per heavy atom. The van der Waals surface area contributed by atoms with Gasteiger partial charge < -0.3 is 19.7 Å². The molecule has 0 radical (unpaired) electrons. The molecule has 1 fully saturated rings.